The smallest absolute Gasteiger partial charge is 0.398 e. The lowest BCUT2D eigenvalue weighted by atomic mass is 9.45. The van der Waals surface area contributed by atoms with Gasteiger partial charge in [0.1, 0.15) is 5.92 Å². The molecular weight excluding hydrogens is 393 g/mol. The predicted molar refractivity (Wildman–Crippen MR) is 110 cm³/mol. The molecular formula is C23H37F3O2Si. The highest BCUT2D eigenvalue weighted by atomic mass is 28.4. The van der Waals surface area contributed by atoms with Gasteiger partial charge in [-0.3, -0.25) is 4.79 Å². The Labute approximate surface area is 174 Å². The number of carbonyl (C=O) groups is 1. The Balaban J connectivity index is 1.54. The van der Waals surface area contributed by atoms with E-state index in [9.17, 15) is 18.0 Å². The third-order valence-corrected chi connectivity index (χ3v) is 10.3. The van der Waals surface area contributed by atoms with Crippen LogP contribution < -0.4 is 0 Å². The molecule has 0 aliphatic heterocycles. The normalized spacial score (nSPS) is 48.1. The van der Waals surface area contributed by atoms with E-state index in [0.717, 1.165) is 38.5 Å². The summed E-state index contributed by atoms with van der Waals surface area (Å²) in [6.07, 6.45) is 2.93. The lowest BCUT2D eigenvalue weighted by molar-refractivity contribution is -0.180. The van der Waals surface area contributed by atoms with Crippen molar-refractivity contribution in [2.75, 3.05) is 0 Å². The van der Waals surface area contributed by atoms with Crippen LogP contribution in [0.3, 0.4) is 0 Å². The standard InChI is InChI=1S/C23H37F3O2Si/c1-21-10-8-15(28-29(3,4)5)12-14(21)6-7-16-17(21)9-11-22(2)18(16)13-19(20(22)27)23(24,25)26/h14-19H,6-13H2,1-5H3/t14-,15+,16+,17-,18-,19?,21-,22-/m0/s1. The summed E-state index contributed by atoms with van der Waals surface area (Å²) in [5.74, 6) is -0.990. The van der Waals surface area contributed by atoms with Gasteiger partial charge in [-0.1, -0.05) is 13.8 Å². The van der Waals surface area contributed by atoms with Crippen LogP contribution in [0.5, 0.6) is 0 Å². The molecule has 0 aromatic carbocycles. The van der Waals surface area contributed by atoms with E-state index in [2.05, 4.69) is 26.6 Å². The molecule has 0 heterocycles. The average molecular weight is 431 g/mol. The summed E-state index contributed by atoms with van der Waals surface area (Å²) < 4.78 is 47.0. The van der Waals surface area contributed by atoms with Crippen LogP contribution >= 0.6 is 0 Å². The summed E-state index contributed by atoms with van der Waals surface area (Å²) in [7, 11) is -1.56. The van der Waals surface area contributed by atoms with E-state index < -0.39 is 31.6 Å². The maximum Gasteiger partial charge on any atom is 0.398 e. The van der Waals surface area contributed by atoms with Crippen LogP contribution in [0.25, 0.3) is 0 Å². The van der Waals surface area contributed by atoms with Gasteiger partial charge in [-0.15, -0.1) is 0 Å². The number of rotatable bonds is 2. The SMILES string of the molecule is C[C@]12CC[C@@H](O[Si](C)(C)C)C[C@@H]1CC[C@@H]1[C@@H]2CC[C@]2(C)C(=O)C(C(F)(F)F)C[C@@H]12. The number of carbonyl (C=O) groups excluding carboxylic acids is 1. The first-order valence-corrected chi connectivity index (χ1v) is 15.0. The highest BCUT2D eigenvalue weighted by molar-refractivity contribution is 6.69. The Kier molecular flexibility index (Phi) is 5.14. The molecule has 0 aromatic heterocycles. The number of ketones is 1. The molecule has 0 radical (unpaired) electrons. The molecule has 0 spiro atoms. The molecule has 4 aliphatic carbocycles. The van der Waals surface area contributed by atoms with Crippen LogP contribution in [-0.2, 0) is 9.22 Å². The molecule has 4 fully saturated rings. The van der Waals surface area contributed by atoms with E-state index in [1.165, 1.54) is 0 Å². The Morgan fingerprint density at radius 1 is 0.966 bits per heavy atom. The first-order valence-electron chi connectivity index (χ1n) is 11.5. The van der Waals surface area contributed by atoms with Gasteiger partial charge in [-0.2, -0.15) is 13.2 Å². The number of hydrogen-bond acceptors (Lipinski definition) is 2. The first-order chi connectivity index (χ1) is 13.3. The monoisotopic (exact) mass is 430 g/mol. The molecule has 4 aliphatic rings. The van der Waals surface area contributed by atoms with Gasteiger partial charge in [-0.05, 0) is 100 Å². The molecule has 4 rings (SSSR count). The fourth-order valence-electron chi connectivity index (χ4n) is 7.93. The zero-order chi connectivity index (χ0) is 21.4. The Morgan fingerprint density at radius 2 is 1.66 bits per heavy atom. The third kappa shape index (κ3) is 3.54. The quantitative estimate of drug-likeness (QED) is 0.461. The van der Waals surface area contributed by atoms with Crippen LogP contribution in [0, 0.1) is 40.4 Å². The molecule has 6 heteroatoms. The fraction of sp³-hybridized carbons (Fsp3) is 0.957. The van der Waals surface area contributed by atoms with Gasteiger partial charge in [0.15, 0.2) is 14.1 Å². The van der Waals surface area contributed by atoms with E-state index in [4.69, 9.17) is 4.43 Å². The van der Waals surface area contributed by atoms with Crippen molar-refractivity contribution in [1.29, 1.82) is 0 Å². The van der Waals surface area contributed by atoms with Crippen LogP contribution in [-0.4, -0.2) is 26.4 Å². The van der Waals surface area contributed by atoms with Crippen LogP contribution in [0.4, 0.5) is 13.2 Å². The molecule has 4 saturated carbocycles. The van der Waals surface area contributed by atoms with Crippen molar-refractivity contribution in [3.8, 4) is 0 Å². The zero-order valence-corrected chi connectivity index (χ0v) is 19.6. The molecule has 8 atom stereocenters. The van der Waals surface area contributed by atoms with E-state index in [1.54, 1.807) is 0 Å². The molecule has 29 heavy (non-hydrogen) atoms. The Bertz CT molecular complexity index is 672. The third-order valence-electron chi connectivity index (χ3n) is 9.29. The van der Waals surface area contributed by atoms with Crippen molar-refractivity contribution in [1.82, 2.24) is 0 Å². The molecule has 0 bridgehead atoms. The van der Waals surface area contributed by atoms with Gasteiger partial charge in [0.05, 0.1) is 0 Å². The van der Waals surface area contributed by atoms with Gasteiger partial charge in [0, 0.05) is 11.5 Å². The average Bonchev–Trinajstić information content (AvgIpc) is 2.86. The fourth-order valence-corrected chi connectivity index (χ4v) is 9.14. The summed E-state index contributed by atoms with van der Waals surface area (Å²) in [4.78, 5) is 12.8. The summed E-state index contributed by atoms with van der Waals surface area (Å²) in [5, 5.41) is 0. The maximum absolute atomic E-state index is 13.5. The minimum atomic E-state index is -4.39. The van der Waals surface area contributed by atoms with Gasteiger partial charge in [0.2, 0.25) is 0 Å². The summed E-state index contributed by atoms with van der Waals surface area (Å²) in [5.41, 5.74) is -0.564. The second-order valence-electron chi connectivity index (χ2n) is 11.9. The number of halogens is 3. The molecule has 166 valence electrons. The van der Waals surface area contributed by atoms with Gasteiger partial charge >= 0.3 is 6.18 Å². The Hall–Kier alpha value is -0.363. The van der Waals surface area contributed by atoms with E-state index in [0.29, 0.717) is 24.4 Å². The minimum Gasteiger partial charge on any atom is -0.415 e. The van der Waals surface area contributed by atoms with Crippen molar-refractivity contribution >= 4 is 14.1 Å². The first kappa shape index (κ1) is 21.9. The highest BCUT2D eigenvalue weighted by Crippen LogP contribution is 2.67. The Morgan fingerprint density at radius 3 is 2.28 bits per heavy atom. The van der Waals surface area contributed by atoms with Crippen molar-refractivity contribution in [2.24, 2.45) is 40.4 Å². The topological polar surface area (TPSA) is 26.3 Å². The van der Waals surface area contributed by atoms with Crippen molar-refractivity contribution in [3.63, 3.8) is 0 Å². The summed E-state index contributed by atoms with van der Waals surface area (Å²) in [6.45, 7) is 11.0. The number of alkyl halides is 3. The molecule has 0 N–H and O–H groups in total. The number of Topliss-reactive ketones (excluding diaryl/α,β-unsaturated/α-hetero) is 1. The van der Waals surface area contributed by atoms with E-state index in [1.807, 2.05) is 6.92 Å². The highest BCUT2D eigenvalue weighted by Gasteiger charge is 2.66. The molecule has 0 saturated heterocycles. The number of fused-ring (bicyclic) bond motifs is 5. The van der Waals surface area contributed by atoms with Gasteiger partial charge < -0.3 is 4.43 Å². The van der Waals surface area contributed by atoms with Crippen molar-refractivity contribution in [2.45, 2.75) is 97.1 Å². The molecule has 0 aromatic rings. The van der Waals surface area contributed by atoms with Crippen molar-refractivity contribution in [3.05, 3.63) is 0 Å². The molecule has 2 nitrogen and oxygen atoms in total. The second kappa shape index (κ2) is 6.82. The zero-order valence-electron chi connectivity index (χ0n) is 18.6. The van der Waals surface area contributed by atoms with E-state index in [-0.39, 0.29) is 23.7 Å². The van der Waals surface area contributed by atoms with Crippen LogP contribution in [0.1, 0.15) is 65.2 Å². The van der Waals surface area contributed by atoms with Crippen LogP contribution in [0.2, 0.25) is 19.6 Å². The van der Waals surface area contributed by atoms with E-state index >= 15 is 0 Å². The molecule has 1 unspecified atom stereocenters. The maximum atomic E-state index is 13.5. The van der Waals surface area contributed by atoms with Crippen molar-refractivity contribution < 1.29 is 22.4 Å². The summed E-state index contributed by atoms with van der Waals surface area (Å²) in [6, 6.07) is 0. The minimum absolute atomic E-state index is 0.0299. The molecule has 0 amide bonds. The predicted octanol–water partition coefficient (Wildman–Crippen LogP) is 6.61. The lowest BCUT2D eigenvalue weighted by Crippen LogP contribution is -2.54. The van der Waals surface area contributed by atoms with Gasteiger partial charge in [-0.25, -0.2) is 0 Å². The lowest BCUT2D eigenvalue weighted by Gasteiger charge is -2.60. The largest absolute Gasteiger partial charge is 0.415 e. The van der Waals surface area contributed by atoms with Gasteiger partial charge in [0.25, 0.3) is 0 Å². The summed E-state index contributed by atoms with van der Waals surface area (Å²) >= 11 is 0. The second-order valence-corrected chi connectivity index (χ2v) is 16.4. The number of hydrogen-bond donors (Lipinski definition) is 0. The van der Waals surface area contributed by atoms with Crippen LogP contribution in [0.15, 0.2) is 0 Å².